The average Bonchev–Trinajstić information content (AvgIpc) is 3.13. The zero-order valence-corrected chi connectivity index (χ0v) is 19.7. The second-order valence-electron chi connectivity index (χ2n) is 7.86. The van der Waals surface area contributed by atoms with Crippen molar-refractivity contribution >= 4 is 21.7 Å². The SMILES string of the molecule is N#C[C@]1(COCc2ccccc2)O[C@@H](n2cc(Br)c(N)nc2=O)[C@H](O)[C@@H]1OCc1ccccc1. The zero-order valence-electron chi connectivity index (χ0n) is 18.1. The summed E-state index contributed by atoms with van der Waals surface area (Å²) in [6.07, 6.45) is -2.34. The summed E-state index contributed by atoms with van der Waals surface area (Å²) in [6, 6.07) is 20.9. The van der Waals surface area contributed by atoms with E-state index in [4.69, 9.17) is 19.9 Å². The van der Waals surface area contributed by atoms with E-state index in [-0.39, 0.29) is 25.6 Å². The molecule has 176 valence electrons. The summed E-state index contributed by atoms with van der Waals surface area (Å²) >= 11 is 3.23. The number of anilines is 1. The van der Waals surface area contributed by atoms with Gasteiger partial charge in [-0.05, 0) is 27.1 Å². The second-order valence-corrected chi connectivity index (χ2v) is 8.71. The number of nitrogen functional groups attached to an aromatic ring is 1. The van der Waals surface area contributed by atoms with E-state index in [2.05, 4.69) is 27.0 Å². The minimum atomic E-state index is -1.68. The molecule has 4 rings (SSSR count). The molecule has 0 saturated carbocycles. The first kappa shape index (κ1) is 24.1. The first-order chi connectivity index (χ1) is 16.4. The van der Waals surface area contributed by atoms with E-state index in [1.54, 1.807) is 0 Å². The molecule has 0 aliphatic carbocycles. The molecule has 0 unspecified atom stereocenters. The lowest BCUT2D eigenvalue weighted by molar-refractivity contribution is -0.125. The van der Waals surface area contributed by atoms with Gasteiger partial charge in [-0.3, -0.25) is 4.57 Å². The van der Waals surface area contributed by atoms with E-state index < -0.39 is 29.7 Å². The molecule has 2 aromatic carbocycles. The Morgan fingerprint density at radius 1 is 1.15 bits per heavy atom. The summed E-state index contributed by atoms with van der Waals surface area (Å²) in [5.74, 6) is 0.00311. The van der Waals surface area contributed by atoms with Crippen molar-refractivity contribution in [2.75, 3.05) is 12.3 Å². The Morgan fingerprint density at radius 3 is 2.38 bits per heavy atom. The molecular formula is C24H23BrN4O5. The molecule has 2 heterocycles. The Hall–Kier alpha value is -3.07. The van der Waals surface area contributed by atoms with Crippen LogP contribution in [0, 0.1) is 11.3 Å². The number of nitrogens with zero attached hydrogens (tertiary/aromatic N) is 3. The fourth-order valence-corrected chi connectivity index (χ4v) is 4.07. The number of ether oxygens (including phenoxy) is 3. The van der Waals surface area contributed by atoms with Crippen LogP contribution >= 0.6 is 15.9 Å². The summed E-state index contributed by atoms with van der Waals surface area (Å²) in [5.41, 5.74) is 5.04. The van der Waals surface area contributed by atoms with Crippen molar-refractivity contribution in [2.45, 2.75) is 37.3 Å². The molecule has 1 aromatic heterocycles. The van der Waals surface area contributed by atoms with Crippen molar-refractivity contribution in [3.05, 3.63) is 92.9 Å². The molecule has 4 atom stereocenters. The highest BCUT2D eigenvalue weighted by Gasteiger charge is 2.57. The zero-order chi connectivity index (χ0) is 24.1. The van der Waals surface area contributed by atoms with Gasteiger partial charge in [0.15, 0.2) is 6.23 Å². The van der Waals surface area contributed by atoms with Crippen LogP contribution in [0.15, 0.2) is 76.1 Å². The predicted octanol–water partition coefficient (Wildman–Crippen LogP) is 2.54. The van der Waals surface area contributed by atoms with E-state index in [0.29, 0.717) is 4.47 Å². The van der Waals surface area contributed by atoms with Crippen LogP contribution in [0.1, 0.15) is 17.4 Å². The molecular weight excluding hydrogens is 504 g/mol. The van der Waals surface area contributed by atoms with Crippen molar-refractivity contribution in [1.29, 1.82) is 5.26 Å². The molecule has 0 amide bonds. The van der Waals surface area contributed by atoms with E-state index in [9.17, 15) is 15.2 Å². The summed E-state index contributed by atoms with van der Waals surface area (Å²) < 4.78 is 19.3. The van der Waals surface area contributed by atoms with Gasteiger partial charge in [0, 0.05) is 6.20 Å². The van der Waals surface area contributed by atoms with Gasteiger partial charge in [0.1, 0.15) is 24.1 Å². The first-order valence-corrected chi connectivity index (χ1v) is 11.3. The topological polar surface area (TPSA) is 133 Å². The van der Waals surface area contributed by atoms with Crippen LogP contribution in [-0.4, -0.2) is 39.1 Å². The number of nitriles is 1. The Labute approximate surface area is 204 Å². The molecule has 0 bridgehead atoms. The summed E-state index contributed by atoms with van der Waals surface area (Å²) in [4.78, 5) is 16.3. The maximum Gasteiger partial charge on any atom is 0.351 e. The van der Waals surface area contributed by atoms with Gasteiger partial charge in [-0.25, -0.2) is 4.79 Å². The third-order valence-electron chi connectivity index (χ3n) is 5.49. The summed E-state index contributed by atoms with van der Waals surface area (Å²) in [5, 5.41) is 21.3. The van der Waals surface area contributed by atoms with Gasteiger partial charge < -0.3 is 25.1 Å². The molecule has 34 heavy (non-hydrogen) atoms. The number of nitrogens with two attached hydrogens (primary N) is 1. The molecule has 1 fully saturated rings. The van der Waals surface area contributed by atoms with Crippen LogP contribution in [-0.2, 0) is 27.4 Å². The van der Waals surface area contributed by atoms with Crippen molar-refractivity contribution in [1.82, 2.24) is 9.55 Å². The molecule has 1 saturated heterocycles. The minimum absolute atomic E-state index is 0.00311. The van der Waals surface area contributed by atoms with Gasteiger partial charge >= 0.3 is 5.69 Å². The molecule has 9 nitrogen and oxygen atoms in total. The van der Waals surface area contributed by atoms with Gasteiger partial charge in [-0.15, -0.1) is 0 Å². The van der Waals surface area contributed by atoms with Crippen molar-refractivity contribution in [3.8, 4) is 6.07 Å². The van der Waals surface area contributed by atoms with Crippen molar-refractivity contribution < 1.29 is 19.3 Å². The van der Waals surface area contributed by atoms with Gasteiger partial charge in [-0.2, -0.15) is 10.2 Å². The smallest absolute Gasteiger partial charge is 0.351 e. The van der Waals surface area contributed by atoms with Gasteiger partial charge in [0.25, 0.3) is 0 Å². The van der Waals surface area contributed by atoms with E-state index in [1.165, 1.54) is 6.20 Å². The fraction of sp³-hybridized carbons (Fsp3) is 0.292. The highest BCUT2D eigenvalue weighted by Crippen LogP contribution is 2.39. The molecule has 0 radical (unpaired) electrons. The maximum atomic E-state index is 12.5. The number of aliphatic hydroxyl groups is 1. The van der Waals surface area contributed by atoms with Crippen LogP contribution in [0.2, 0.25) is 0 Å². The highest BCUT2D eigenvalue weighted by molar-refractivity contribution is 9.10. The Kier molecular flexibility index (Phi) is 7.41. The first-order valence-electron chi connectivity index (χ1n) is 10.5. The van der Waals surface area contributed by atoms with Crippen LogP contribution in [0.3, 0.4) is 0 Å². The number of aliphatic hydroxyl groups excluding tert-OH is 1. The van der Waals surface area contributed by atoms with Crippen LogP contribution in [0.25, 0.3) is 0 Å². The van der Waals surface area contributed by atoms with Gasteiger partial charge in [0.2, 0.25) is 5.60 Å². The standard InChI is InChI=1S/C24H23BrN4O5/c25-18-11-29(23(31)28-21(18)27)22-19(30)20(33-13-17-9-5-2-6-10-17)24(14-26,34-22)15-32-12-16-7-3-1-4-8-16/h1-11,19-20,22,30H,12-13,15H2,(H2,27,28,31)/t19-,20+,22-,24-/m1/s1. The molecule has 3 aromatic rings. The second kappa shape index (κ2) is 10.5. The lowest BCUT2D eigenvalue weighted by atomic mass is 9.97. The van der Waals surface area contributed by atoms with Crippen LogP contribution in [0.5, 0.6) is 0 Å². The Bertz CT molecular complexity index is 1220. The summed E-state index contributed by atoms with van der Waals surface area (Å²) in [7, 11) is 0. The largest absolute Gasteiger partial charge is 0.385 e. The number of hydrogen-bond donors (Lipinski definition) is 2. The number of benzene rings is 2. The minimum Gasteiger partial charge on any atom is -0.385 e. The third kappa shape index (κ3) is 5.04. The quantitative estimate of drug-likeness (QED) is 0.457. The maximum absolute atomic E-state index is 12.5. The van der Waals surface area contributed by atoms with Crippen molar-refractivity contribution in [3.63, 3.8) is 0 Å². The van der Waals surface area contributed by atoms with Gasteiger partial charge in [-0.1, -0.05) is 60.7 Å². The predicted molar refractivity (Wildman–Crippen MR) is 126 cm³/mol. The fourth-order valence-electron chi connectivity index (χ4n) is 3.77. The lowest BCUT2D eigenvalue weighted by Crippen LogP contribution is -2.47. The Balaban J connectivity index is 1.61. The normalized spacial score (nSPS) is 24.1. The van der Waals surface area contributed by atoms with Crippen molar-refractivity contribution in [2.24, 2.45) is 0 Å². The number of rotatable bonds is 8. The van der Waals surface area contributed by atoms with E-state index >= 15 is 0 Å². The summed E-state index contributed by atoms with van der Waals surface area (Å²) in [6.45, 7) is 0.164. The van der Waals surface area contributed by atoms with Gasteiger partial charge in [0.05, 0.1) is 24.3 Å². The number of hydrogen-bond acceptors (Lipinski definition) is 8. The monoisotopic (exact) mass is 526 g/mol. The molecule has 1 aliphatic heterocycles. The molecule has 10 heteroatoms. The third-order valence-corrected chi connectivity index (χ3v) is 6.10. The molecule has 3 N–H and O–H groups in total. The lowest BCUT2D eigenvalue weighted by Gasteiger charge is -2.28. The molecule has 1 aliphatic rings. The van der Waals surface area contributed by atoms with Crippen LogP contribution in [0.4, 0.5) is 5.82 Å². The number of aromatic nitrogens is 2. The average molecular weight is 527 g/mol. The van der Waals surface area contributed by atoms with E-state index in [0.717, 1.165) is 15.7 Å². The highest BCUT2D eigenvalue weighted by atomic mass is 79.9. The molecule has 0 spiro atoms. The number of halogens is 1. The Morgan fingerprint density at radius 2 is 1.76 bits per heavy atom. The van der Waals surface area contributed by atoms with E-state index in [1.807, 2.05) is 60.7 Å². The van der Waals surface area contributed by atoms with Crippen LogP contribution < -0.4 is 11.4 Å².